The van der Waals surface area contributed by atoms with Gasteiger partial charge in [-0.05, 0) is 12.1 Å². The minimum Gasteiger partial charge on any atom is -0.366 e. The van der Waals surface area contributed by atoms with Crippen molar-refractivity contribution in [1.29, 1.82) is 0 Å². The van der Waals surface area contributed by atoms with Crippen molar-refractivity contribution in [1.82, 2.24) is 19.8 Å². The van der Waals surface area contributed by atoms with Crippen LogP contribution in [-0.2, 0) is 6.54 Å². The van der Waals surface area contributed by atoms with E-state index in [-0.39, 0.29) is 10.6 Å². The Morgan fingerprint density at radius 2 is 1.62 bits per heavy atom. The Kier molecular flexibility index (Phi) is 5.75. The van der Waals surface area contributed by atoms with E-state index >= 15 is 0 Å². The van der Waals surface area contributed by atoms with Crippen LogP contribution in [0.5, 0.6) is 0 Å². The molecule has 8 heteroatoms. The van der Waals surface area contributed by atoms with E-state index in [0.717, 1.165) is 43.2 Å². The smallest absolute Gasteiger partial charge is 0.292 e. The standard InChI is InChI=1S/C24H22ClN5O2/c25-23-21(16-26-30(24(23)31)20-9-5-2-6-10-20)29-13-11-28(12-14-29)17-19-15-22(32-27-19)18-7-3-1-4-8-18/h1-10,15-16H,11-14,17H2. The number of piperazine rings is 1. The highest BCUT2D eigenvalue weighted by Gasteiger charge is 2.22. The molecule has 2 aromatic heterocycles. The van der Waals surface area contributed by atoms with Crippen LogP contribution in [0.15, 0.2) is 82.2 Å². The van der Waals surface area contributed by atoms with Crippen LogP contribution in [0.4, 0.5) is 5.69 Å². The fraction of sp³-hybridized carbons (Fsp3) is 0.208. The lowest BCUT2D eigenvalue weighted by molar-refractivity contribution is 0.242. The second-order valence-corrected chi connectivity index (χ2v) is 8.09. The highest BCUT2D eigenvalue weighted by molar-refractivity contribution is 6.33. The van der Waals surface area contributed by atoms with E-state index in [0.29, 0.717) is 17.9 Å². The van der Waals surface area contributed by atoms with Crippen molar-refractivity contribution in [2.75, 3.05) is 31.1 Å². The summed E-state index contributed by atoms with van der Waals surface area (Å²) in [6.07, 6.45) is 1.68. The van der Waals surface area contributed by atoms with E-state index < -0.39 is 0 Å². The molecule has 1 saturated heterocycles. The summed E-state index contributed by atoms with van der Waals surface area (Å²) in [7, 11) is 0. The largest absolute Gasteiger partial charge is 0.366 e. The van der Waals surface area contributed by atoms with E-state index in [1.54, 1.807) is 6.20 Å². The second-order valence-electron chi connectivity index (χ2n) is 7.71. The monoisotopic (exact) mass is 447 g/mol. The number of benzene rings is 2. The summed E-state index contributed by atoms with van der Waals surface area (Å²) in [6, 6.07) is 21.2. The fourth-order valence-electron chi connectivity index (χ4n) is 3.90. The summed E-state index contributed by atoms with van der Waals surface area (Å²) in [5.41, 5.74) is 2.98. The fourth-order valence-corrected chi connectivity index (χ4v) is 4.15. The van der Waals surface area contributed by atoms with E-state index in [1.165, 1.54) is 4.68 Å². The molecule has 3 heterocycles. The van der Waals surface area contributed by atoms with Crippen LogP contribution in [0.1, 0.15) is 5.69 Å². The van der Waals surface area contributed by atoms with Gasteiger partial charge in [-0.25, -0.2) is 0 Å². The van der Waals surface area contributed by atoms with E-state index in [1.807, 2.05) is 66.7 Å². The van der Waals surface area contributed by atoms with Gasteiger partial charge in [-0.1, -0.05) is 65.3 Å². The molecule has 1 fully saturated rings. The van der Waals surface area contributed by atoms with Crippen molar-refractivity contribution in [3.05, 3.63) is 94.0 Å². The summed E-state index contributed by atoms with van der Waals surface area (Å²) in [5, 5.41) is 8.76. The molecule has 0 radical (unpaired) electrons. The predicted octanol–water partition coefficient (Wildman–Crippen LogP) is 3.86. The molecule has 7 nitrogen and oxygen atoms in total. The zero-order valence-electron chi connectivity index (χ0n) is 17.4. The summed E-state index contributed by atoms with van der Waals surface area (Å²) >= 11 is 6.46. The average molecular weight is 448 g/mol. The average Bonchev–Trinajstić information content (AvgIpc) is 3.31. The molecule has 32 heavy (non-hydrogen) atoms. The third-order valence-electron chi connectivity index (χ3n) is 5.62. The maximum Gasteiger partial charge on any atom is 0.292 e. The van der Waals surface area contributed by atoms with Gasteiger partial charge in [0, 0.05) is 44.4 Å². The number of rotatable bonds is 5. The van der Waals surface area contributed by atoms with Crippen LogP contribution in [0.2, 0.25) is 5.02 Å². The molecule has 4 aromatic rings. The minimum absolute atomic E-state index is 0.196. The Labute approximate surface area is 190 Å². The molecule has 162 valence electrons. The van der Waals surface area contributed by atoms with Crippen LogP contribution in [0, 0.1) is 0 Å². The summed E-state index contributed by atoms with van der Waals surface area (Å²) in [6.45, 7) is 3.86. The molecule has 2 aromatic carbocycles. The van der Waals surface area contributed by atoms with Crippen LogP contribution in [0.25, 0.3) is 17.0 Å². The van der Waals surface area contributed by atoms with Crippen molar-refractivity contribution in [3.8, 4) is 17.0 Å². The molecule has 0 atom stereocenters. The molecule has 0 unspecified atom stereocenters. The lowest BCUT2D eigenvalue weighted by atomic mass is 10.1. The molecule has 5 rings (SSSR count). The second kappa shape index (κ2) is 8.98. The van der Waals surface area contributed by atoms with Gasteiger partial charge in [-0.3, -0.25) is 9.69 Å². The van der Waals surface area contributed by atoms with Crippen molar-refractivity contribution in [2.24, 2.45) is 0 Å². The van der Waals surface area contributed by atoms with Gasteiger partial charge in [0.05, 0.1) is 23.3 Å². The first kappa shape index (κ1) is 20.5. The molecular formula is C24H22ClN5O2. The number of aromatic nitrogens is 3. The van der Waals surface area contributed by atoms with Gasteiger partial charge in [-0.2, -0.15) is 9.78 Å². The molecule has 0 bridgehead atoms. The third-order valence-corrected chi connectivity index (χ3v) is 5.97. The van der Waals surface area contributed by atoms with Crippen LogP contribution in [-0.4, -0.2) is 46.0 Å². The highest BCUT2D eigenvalue weighted by atomic mass is 35.5. The Balaban J connectivity index is 1.24. The lowest BCUT2D eigenvalue weighted by Crippen LogP contribution is -2.46. The lowest BCUT2D eigenvalue weighted by Gasteiger charge is -2.35. The predicted molar refractivity (Wildman–Crippen MR) is 124 cm³/mol. The molecular weight excluding hydrogens is 426 g/mol. The quantitative estimate of drug-likeness (QED) is 0.462. The van der Waals surface area contributed by atoms with Crippen molar-refractivity contribution < 1.29 is 4.52 Å². The molecule has 0 saturated carbocycles. The van der Waals surface area contributed by atoms with Gasteiger partial charge in [0.2, 0.25) is 0 Å². The van der Waals surface area contributed by atoms with E-state index in [2.05, 4.69) is 20.1 Å². The maximum atomic E-state index is 12.8. The third kappa shape index (κ3) is 4.17. The topological polar surface area (TPSA) is 67.4 Å². The van der Waals surface area contributed by atoms with E-state index in [9.17, 15) is 4.79 Å². The zero-order valence-corrected chi connectivity index (χ0v) is 18.2. The SMILES string of the molecule is O=c1c(Cl)c(N2CCN(Cc3cc(-c4ccccc4)on3)CC2)cnn1-c1ccccc1. The normalized spacial score (nSPS) is 14.6. The Morgan fingerprint density at radius 1 is 0.938 bits per heavy atom. The number of para-hydroxylation sites is 1. The minimum atomic E-state index is -0.311. The molecule has 0 spiro atoms. The number of hydrogen-bond acceptors (Lipinski definition) is 6. The van der Waals surface area contributed by atoms with Crippen molar-refractivity contribution in [2.45, 2.75) is 6.54 Å². The van der Waals surface area contributed by atoms with Crippen LogP contribution in [0.3, 0.4) is 0 Å². The van der Waals surface area contributed by atoms with Crippen LogP contribution < -0.4 is 10.5 Å². The molecule has 1 aliphatic heterocycles. The summed E-state index contributed by atoms with van der Waals surface area (Å²) in [4.78, 5) is 17.2. The van der Waals surface area contributed by atoms with Crippen molar-refractivity contribution >= 4 is 17.3 Å². The first-order valence-electron chi connectivity index (χ1n) is 10.5. The van der Waals surface area contributed by atoms with Crippen LogP contribution >= 0.6 is 11.6 Å². The maximum absolute atomic E-state index is 12.8. The summed E-state index contributed by atoms with van der Waals surface area (Å²) < 4.78 is 6.84. The number of halogens is 1. The van der Waals surface area contributed by atoms with Gasteiger partial charge in [0.15, 0.2) is 5.76 Å². The Morgan fingerprint density at radius 3 is 2.34 bits per heavy atom. The molecule has 0 N–H and O–H groups in total. The first-order chi connectivity index (χ1) is 15.7. The van der Waals surface area contributed by atoms with Gasteiger partial charge < -0.3 is 9.42 Å². The van der Waals surface area contributed by atoms with E-state index in [4.69, 9.17) is 16.1 Å². The van der Waals surface area contributed by atoms with Gasteiger partial charge in [0.1, 0.15) is 5.02 Å². The number of hydrogen-bond donors (Lipinski definition) is 0. The highest BCUT2D eigenvalue weighted by Crippen LogP contribution is 2.24. The molecule has 0 amide bonds. The Hall–Kier alpha value is -3.42. The van der Waals surface area contributed by atoms with Gasteiger partial charge in [0.25, 0.3) is 5.56 Å². The molecule has 0 aliphatic carbocycles. The van der Waals surface area contributed by atoms with Gasteiger partial charge in [-0.15, -0.1) is 0 Å². The Bertz CT molecular complexity index is 1250. The van der Waals surface area contributed by atoms with Crippen molar-refractivity contribution in [3.63, 3.8) is 0 Å². The first-order valence-corrected chi connectivity index (χ1v) is 10.9. The van der Waals surface area contributed by atoms with Gasteiger partial charge >= 0.3 is 0 Å². The molecule has 1 aliphatic rings. The number of anilines is 1. The summed E-state index contributed by atoms with van der Waals surface area (Å²) in [5.74, 6) is 0.774. The zero-order chi connectivity index (χ0) is 21.9. The number of nitrogens with zero attached hydrogens (tertiary/aromatic N) is 5.